The van der Waals surface area contributed by atoms with Crippen molar-refractivity contribution in [3.05, 3.63) is 56.4 Å². The van der Waals surface area contributed by atoms with E-state index in [4.69, 9.17) is 37.4 Å². The topological polar surface area (TPSA) is 111 Å². The number of esters is 1. The Hall–Kier alpha value is -3.21. The van der Waals surface area contributed by atoms with Crippen LogP contribution in [0, 0.1) is 0 Å². The average molecular weight is 567 g/mol. The molecule has 12 heteroatoms. The van der Waals surface area contributed by atoms with Gasteiger partial charge < -0.3 is 19.5 Å². The molecule has 0 aromatic heterocycles. The largest absolute Gasteiger partial charge is 0.490 e. The van der Waals surface area contributed by atoms with E-state index in [2.05, 4.69) is 5.32 Å². The number of imide groups is 1. The van der Waals surface area contributed by atoms with Gasteiger partial charge in [0, 0.05) is 5.69 Å². The Bertz CT molecular complexity index is 1270. The fourth-order valence-corrected chi connectivity index (χ4v) is 4.63. The number of rotatable bonds is 10. The van der Waals surface area contributed by atoms with E-state index in [1.54, 1.807) is 19.1 Å². The number of hydrogen-bond donors (Lipinski definition) is 1. The monoisotopic (exact) mass is 566 g/mol. The molecule has 1 aliphatic heterocycles. The molecular formula is C25H24Cl2N2O7S. The molecular weight excluding hydrogens is 543 g/mol. The van der Waals surface area contributed by atoms with Crippen molar-refractivity contribution in [3.63, 3.8) is 0 Å². The molecule has 1 N–H and O–H groups in total. The van der Waals surface area contributed by atoms with Gasteiger partial charge in [-0.2, -0.15) is 0 Å². The molecule has 196 valence electrons. The Morgan fingerprint density at radius 3 is 2.41 bits per heavy atom. The van der Waals surface area contributed by atoms with E-state index in [1.807, 2.05) is 13.8 Å². The quantitative estimate of drug-likeness (QED) is 0.290. The molecule has 0 unspecified atom stereocenters. The molecule has 1 saturated heterocycles. The van der Waals surface area contributed by atoms with Crippen LogP contribution in [0.1, 0.15) is 36.7 Å². The van der Waals surface area contributed by atoms with Gasteiger partial charge in [-0.25, -0.2) is 4.79 Å². The third kappa shape index (κ3) is 6.97. The lowest BCUT2D eigenvalue weighted by Crippen LogP contribution is -2.36. The van der Waals surface area contributed by atoms with Crippen molar-refractivity contribution in [1.29, 1.82) is 0 Å². The predicted molar refractivity (Wildman–Crippen MR) is 143 cm³/mol. The summed E-state index contributed by atoms with van der Waals surface area (Å²) in [6, 6.07) is 7.53. The van der Waals surface area contributed by atoms with Crippen LogP contribution in [0.5, 0.6) is 11.5 Å². The second kappa shape index (κ2) is 12.8. The first-order valence-electron chi connectivity index (χ1n) is 11.3. The van der Waals surface area contributed by atoms with E-state index in [-0.39, 0.29) is 27.8 Å². The highest BCUT2D eigenvalue weighted by Gasteiger charge is 2.36. The lowest BCUT2D eigenvalue weighted by molar-refractivity contribution is -0.127. The Balaban J connectivity index is 1.75. The minimum Gasteiger partial charge on any atom is -0.490 e. The van der Waals surface area contributed by atoms with Crippen molar-refractivity contribution in [3.8, 4) is 11.5 Å². The fraction of sp³-hybridized carbons (Fsp3) is 0.280. The zero-order valence-electron chi connectivity index (χ0n) is 20.3. The molecule has 9 nitrogen and oxygen atoms in total. The lowest BCUT2D eigenvalue weighted by atomic mass is 10.1. The lowest BCUT2D eigenvalue weighted by Gasteiger charge is -2.14. The molecule has 0 bridgehead atoms. The maximum atomic E-state index is 12.9. The normalized spacial score (nSPS) is 14.2. The van der Waals surface area contributed by atoms with Gasteiger partial charge in [0.05, 0.1) is 40.3 Å². The van der Waals surface area contributed by atoms with E-state index in [0.717, 1.165) is 4.90 Å². The Morgan fingerprint density at radius 2 is 1.73 bits per heavy atom. The zero-order valence-corrected chi connectivity index (χ0v) is 22.6. The molecule has 2 aromatic carbocycles. The number of carbonyl (C=O) groups is 4. The first-order valence-corrected chi connectivity index (χ1v) is 12.9. The van der Waals surface area contributed by atoms with Gasteiger partial charge in [-0.1, -0.05) is 23.2 Å². The number of hydrogen-bond acceptors (Lipinski definition) is 8. The summed E-state index contributed by atoms with van der Waals surface area (Å²) in [6.45, 7) is 5.69. The summed E-state index contributed by atoms with van der Waals surface area (Å²) >= 11 is 13.1. The number of thioether (sulfide) groups is 1. The first kappa shape index (κ1) is 28.4. The highest BCUT2D eigenvalue weighted by molar-refractivity contribution is 8.18. The maximum absolute atomic E-state index is 12.9. The maximum Gasteiger partial charge on any atom is 0.339 e. The summed E-state index contributed by atoms with van der Waals surface area (Å²) in [6.07, 6.45) is 1.50. The van der Waals surface area contributed by atoms with Gasteiger partial charge in [-0.15, -0.1) is 0 Å². The number of anilines is 1. The minimum atomic E-state index is -0.637. The van der Waals surface area contributed by atoms with E-state index in [9.17, 15) is 19.2 Å². The van der Waals surface area contributed by atoms with Gasteiger partial charge in [-0.3, -0.25) is 19.3 Å². The van der Waals surface area contributed by atoms with Gasteiger partial charge in [0.25, 0.3) is 11.1 Å². The van der Waals surface area contributed by atoms with Gasteiger partial charge in [0.1, 0.15) is 6.54 Å². The Labute approximate surface area is 228 Å². The zero-order chi connectivity index (χ0) is 27.1. The van der Waals surface area contributed by atoms with Crippen LogP contribution in [-0.4, -0.2) is 54.3 Å². The number of amides is 3. The van der Waals surface area contributed by atoms with Crippen molar-refractivity contribution >= 4 is 69.8 Å². The molecule has 0 aliphatic carbocycles. The van der Waals surface area contributed by atoms with Gasteiger partial charge in [-0.05, 0) is 74.5 Å². The third-order valence-corrected chi connectivity index (χ3v) is 6.36. The van der Waals surface area contributed by atoms with Gasteiger partial charge in [0.2, 0.25) is 5.91 Å². The van der Waals surface area contributed by atoms with Crippen molar-refractivity contribution < 1.29 is 33.4 Å². The van der Waals surface area contributed by atoms with Crippen LogP contribution in [0.3, 0.4) is 0 Å². The number of carbonyl (C=O) groups excluding carboxylic acids is 4. The molecule has 1 heterocycles. The SMILES string of the molecule is CCOC(=O)c1cc(NC(=O)CN2C(=O)S/C(=C/c3cc(Cl)c(OCC)c(OCC)c3)C2=O)ccc1Cl. The average Bonchev–Trinajstić information content (AvgIpc) is 3.10. The standard InChI is InChI=1S/C25H24Cl2N2O7S/c1-4-34-19-10-14(9-18(27)22(19)35-5-2)11-20-23(31)29(25(33)37-20)13-21(30)28-15-7-8-17(26)16(12-15)24(32)36-6-3/h7-12H,4-6,13H2,1-3H3,(H,28,30)/b20-11+. The number of benzene rings is 2. The first-order chi connectivity index (χ1) is 17.7. The predicted octanol–water partition coefficient (Wildman–Crippen LogP) is 5.64. The molecule has 0 radical (unpaired) electrons. The molecule has 37 heavy (non-hydrogen) atoms. The fourth-order valence-electron chi connectivity index (χ4n) is 3.32. The second-order valence-corrected chi connectivity index (χ2v) is 9.23. The molecule has 0 spiro atoms. The highest BCUT2D eigenvalue weighted by atomic mass is 35.5. The van der Waals surface area contributed by atoms with Crippen LogP contribution in [0.4, 0.5) is 10.5 Å². The minimum absolute atomic E-state index is 0.0795. The summed E-state index contributed by atoms with van der Waals surface area (Å²) < 4.78 is 16.1. The molecule has 2 aromatic rings. The summed E-state index contributed by atoms with van der Waals surface area (Å²) in [4.78, 5) is 51.0. The summed E-state index contributed by atoms with van der Waals surface area (Å²) in [5.41, 5.74) is 0.864. The van der Waals surface area contributed by atoms with E-state index < -0.39 is 29.6 Å². The van der Waals surface area contributed by atoms with Crippen molar-refractivity contribution in [1.82, 2.24) is 4.90 Å². The van der Waals surface area contributed by atoms with Crippen LogP contribution in [0.25, 0.3) is 6.08 Å². The number of ether oxygens (including phenoxy) is 3. The number of halogens is 2. The van der Waals surface area contributed by atoms with Crippen molar-refractivity contribution in [2.75, 3.05) is 31.7 Å². The van der Waals surface area contributed by atoms with Crippen LogP contribution in [0.2, 0.25) is 10.0 Å². The molecule has 1 fully saturated rings. The van der Waals surface area contributed by atoms with E-state index in [0.29, 0.717) is 47.1 Å². The highest BCUT2D eigenvalue weighted by Crippen LogP contribution is 2.39. The van der Waals surface area contributed by atoms with E-state index >= 15 is 0 Å². The molecule has 3 amide bonds. The smallest absolute Gasteiger partial charge is 0.339 e. The summed E-state index contributed by atoms with van der Waals surface area (Å²) in [5, 5.41) is 2.41. The summed E-state index contributed by atoms with van der Waals surface area (Å²) in [5.74, 6) is -1.10. The molecule has 3 rings (SSSR count). The van der Waals surface area contributed by atoms with Crippen LogP contribution in [-0.2, 0) is 14.3 Å². The number of nitrogens with zero attached hydrogens (tertiary/aromatic N) is 1. The molecule has 0 atom stereocenters. The van der Waals surface area contributed by atoms with Crippen molar-refractivity contribution in [2.24, 2.45) is 0 Å². The van der Waals surface area contributed by atoms with Crippen LogP contribution >= 0.6 is 35.0 Å². The van der Waals surface area contributed by atoms with Gasteiger partial charge >= 0.3 is 5.97 Å². The van der Waals surface area contributed by atoms with Crippen molar-refractivity contribution in [2.45, 2.75) is 20.8 Å². The molecule has 0 saturated carbocycles. The summed E-state index contributed by atoms with van der Waals surface area (Å²) in [7, 11) is 0. The van der Waals surface area contributed by atoms with E-state index in [1.165, 1.54) is 24.3 Å². The molecule has 1 aliphatic rings. The second-order valence-electron chi connectivity index (χ2n) is 7.43. The Morgan fingerprint density at radius 1 is 1.00 bits per heavy atom. The van der Waals surface area contributed by atoms with Gasteiger partial charge in [0.15, 0.2) is 11.5 Å². The van der Waals surface area contributed by atoms with Crippen LogP contribution < -0.4 is 14.8 Å². The van der Waals surface area contributed by atoms with Crippen LogP contribution in [0.15, 0.2) is 35.2 Å². The Kier molecular flexibility index (Phi) is 9.85. The number of nitrogens with one attached hydrogen (secondary N) is 1. The third-order valence-electron chi connectivity index (χ3n) is 4.84.